The Balaban J connectivity index is 6.15. The van der Waals surface area contributed by atoms with Crippen molar-refractivity contribution in [1.82, 2.24) is 26.6 Å². The van der Waals surface area contributed by atoms with Crippen LogP contribution in [0.15, 0.2) is 0 Å². The molecule has 0 saturated heterocycles. The molecule has 0 rings (SSSR count). The fourth-order valence-electron chi connectivity index (χ4n) is 4.99. The van der Waals surface area contributed by atoms with Crippen LogP contribution in [0.3, 0.4) is 0 Å². The summed E-state index contributed by atoms with van der Waals surface area (Å²) in [4.78, 5) is 100. The van der Waals surface area contributed by atoms with Crippen molar-refractivity contribution in [3.63, 3.8) is 0 Å². The number of nitrogens with one attached hydrogen (secondary N) is 5. The molecule has 50 heavy (non-hydrogen) atoms. The number of carboxylic acid groups (broad SMARTS) is 3. The van der Waals surface area contributed by atoms with Gasteiger partial charge in [0.15, 0.2) is 0 Å². The highest BCUT2D eigenvalue weighted by atomic mass is 16.4. The van der Waals surface area contributed by atoms with E-state index < -0.39 is 96.5 Å². The van der Waals surface area contributed by atoms with Gasteiger partial charge in [0.05, 0.1) is 12.5 Å². The van der Waals surface area contributed by atoms with Crippen LogP contribution in [0.4, 0.5) is 0 Å². The SMILES string of the molecule is CC(C)C[C@H](NC(=O)[C@H](CC(C)C)NC(=O)[C@H](CC(C)C)NC(=O)[C@H](CC(C)C)NC(=O)[C@@H](N)CC(=O)O)C(=O)N[C@@H](CCC(=O)O)C(=O)O. The van der Waals surface area contributed by atoms with Crippen molar-refractivity contribution in [2.75, 3.05) is 0 Å². The largest absolute Gasteiger partial charge is 0.481 e. The standard InChI is InChI=1S/C33H58N6O11/c1-16(2)11-22(36-28(44)20(34)15-27(42)43)30(46)38-24(13-18(5)6)32(48)39-25(14-19(7)8)31(47)37-23(12-17(3)4)29(45)35-21(33(49)50)9-10-26(40)41/h16-25H,9-15,34H2,1-8H3,(H,35,45)(H,36,44)(H,37,47)(H,38,46)(H,39,48)(H,40,41)(H,42,43)(H,49,50)/t20-,21-,22-,23-,24-,25-/m0/s1. The number of hydrogen-bond acceptors (Lipinski definition) is 9. The number of carboxylic acids is 3. The molecular weight excluding hydrogens is 656 g/mol. The molecule has 17 heteroatoms. The van der Waals surface area contributed by atoms with Gasteiger partial charge in [0, 0.05) is 6.42 Å². The summed E-state index contributed by atoms with van der Waals surface area (Å²) in [6, 6.07) is -7.57. The fourth-order valence-corrected chi connectivity index (χ4v) is 4.99. The molecule has 0 heterocycles. The Kier molecular flexibility index (Phi) is 20.5. The van der Waals surface area contributed by atoms with E-state index in [0.717, 1.165) is 0 Å². The number of carbonyl (C=O) groups excluding carboxylic acids is 5. The summed E-state index contributed by atoms with van der Waals surface area (Å²) in [5, 5.41) is 40.2. The molecule has 10 N–H and O–H groups in total. The van der Waals surface area contributed by atoms with Crippen molar-refractivity contribution < 1.29 is 53.7 Å². The Morgan fingerprint density at radius 3 is 0.980 bits per heavy atom. The van der Waals surface area contributed by atoms with Gasteiger partial charge in [-0.15, -0.1) is 0 Å². The lowest BCUT2D eigenvalue weighted by atomic mass is 9.98. The van der Waals surface area contributed by atoms with Gasteiger partial charge in [-0.3, -0.25) is 33.6 Å². The van der Waals surface area contributed by atoms with Crippen molar-refractivity contribution in [2.45, 2.75) is 137 Å². The van der Waals surface area contributed by atoms with Crippen molar-refractivity contribution in [3.8, 4) is 0 Å². The molecule has 0 saturated carbocycles. The zero-order chi connectivity index (χ0) is 38.9. The first kappa shape index (κ1) is 45.7. The van der Waals surface area contributed by atoms with E-state index in [2.05, 4.69) is 26.6 Å². The van der Waals surface area contributed by atoms with E-state index in [1.54, 1.807) is 13.8 Å². The topological polar surface area (TPSA) is 283 Å². The first-order chi connectivity index (χ1) is 23.0. The predicted molar refractivity (Wildman–Crippen MR) is 182 cm³/mol. The minimum atomic E-state index is -1.51. The maximum absolute atomic E-state index is 13.7. The van der Waals surface area contributed by atoms with Crippen LogP contribution < -0.4 is 32.3 Å². The van der Waals surface area contributed by atoms with Crippen molar-refractivity contribution in [1.29, 1.82) is 0 Å². The maximum atomic E-state index is 13.7. The lowest BCUT2D eigenvalue weighted by Gasteiger charge is -2.29. The van der Waals surface area contributed by atoms with Crippen LogP contribution in [0.25, 0.3) is 0 Å². The normalized spacial score (nSPS) is 15.0. The molecule has 6 atom stereocenters. The van der Waals surface area contributed by atoms with Crippen molar-refractivity contribution >= 4 is 47.4 Å². The number of aliphatic carboxylic acids is 3. The van der Waals surface area contributed by atoms with Gasteiger partial charge in [-0.05, 0) is 55.8 Å². The Morgan fingerprint density at radius 2 is 0.740 bits per heavy atom. The van der Waals surface area contributed by atoms with E-state index in [1.165, 1.54) is 0 Å². The van der Waals surface area contributed by atoms with Gasteiger partial charge >= 0.3 is 17.9 Å². The molecule has 0 spiro atoms. The quantitative estimate of drug-likeness (QED) is 0.0655. The molecule has 286 valence electrons. The molecule has 5 amide bonds. The van der Waals surface area contributed by atoms with Crippen LogP contribution in [0.2, 0.25) is 0 Å². The van der Waals surface area contributed by atoms with Crippen molar-refractivity contribution in [3.05, 3.63) is 0 Å². The second-order valence-electron chi connectivity index (χ2n) is 14.3. The van der Waals surface area contributed by atoms with Crippen molar-refractivity contribution in [2.24, 2.45) is 29.4 Å². The Morgan fingerprint density at radius 1 is 0.460 bits per heavy atom. The van der Waals surface area contributed by atoms with Gasteiger partial charge in [0.25, 0.3) is 0 Å². The van der Waals surface area contributed by atoms with E-state index in [-0.39, 0.29) is 55.8 Å². The lowest BCUT2D eigenvalue weighted by Crippen LogP contribution is -2.59. The Labute approximate surface area is 293 Å². The summed E-state index contributed by atoms with van der Waals surface area (Å²) in [5.41, 5.74) is 5.68. The second kappa shape index (κ2) is 22.4. The smallest absolute Gasteiger partial charge is 0.326 e. The Hall–Kier alpha value is -4.28. The molecule has 0 fully saturated rings. The maximum Gasteiger partial charge on any atom is 0.326 e. The number of rotatable bonds is 24. The second-order valence-corrected chi connectivity index (χ2v) is 14.3. The van der Waals surface area contributed by atoms with Crippen LogP contribution in [-0.2, 0) is 38.4 Å². The van der Waals surface area contributed by atoms with Gasteiger partial charge < -0.3 is 47.6 Å². The monoisotopic (exact) mass is 714 g/mol. The molecule has 0 aromatic carbocycles. The minimum absolute atomic E-state index is 0.0859. The van der Waals surface area contributed by atoms with Crippen LogP contribution in [0.5, 0.6) is 0 Å². The fraction of sp³-hybridized carbons (Fsp3) is 0.758. The average molecular weight is 715 g/mol. The zero-order valence-corrected chi connectivity index (χ0v) is 30.4. The summed E-state index contributed by atoms with van der Waals surface area (Å²) >= 11 is 0. The molecule has 0 aliphatic rings. The van der Waals surface area contributed by atoms with Gasteiger partial charge in [-0.25, -0.2) is 4.79 Å². The molecule has 0 aromatic rings. The van der Waals surface area contributed by atoms with Crippen LogP contribution >= 0.6 is 0 Å². The summed E-state index contributed by atoms with van der Waals surface area (Å²) in [7, 11) is 0. The number of hydrogen-bond donors (Lipinski definition) is 9. The van der Waals surface area contributed by atoms with Gasteiger partial charge in [0.2, 0.25) is 29.5 Å². The minimum Gasteiger partial charge on any atom is -0.481 e. The first-order valence-electron chi connectivity index (χ1n) is 17.0. The highest BCUT2D eigenvalue weighted by Crippen LogP contribution is 2.13. The van der Waals surface area contributed by atoms with Gasteiger partial charge in [-0.2, -0.15) is 0 Å². The van der Waals surface area contributed by atoms with E-state index in [1.807, 2.05) is 41.5 Å². The molecule has 0 aliphatic heterocycles. The molecular formula is C33H58N6O11. The molecule has 0 aromatic heterocycles. The highest BCUT2D eigenvalue weighted by Gasteiger charge is 2.34. The Bertz CT molecular complexity index is 1190. The summed E-state index contributed by atoms with van der Waals surface area (Å²) < 4.78 is 0. The molecule has 0 unspecified atom stereocenters. The van der Waals surface area contributed by atoms with E-state index in [4.69, 9.17) is 15.9 Å². The average Bonchev–Trinajstić information content (AvgIpc) is 2.95. The van der Waals surface area contributed by atoms with E-state index >= 15 is 0 Å². The summed E-state index contributed by atoms with van der Waals surface area (Å²) in [6.07, 6.45) is -0.966. The van der Waals surface area contributed by atoms with Crippen LogP contribution in [0.1, 0.15) is 100 Å². The highest BCUT2D eigenvalue weighted by molar-refractivity contribution is 5.96. The number of amides is 5. The summed E-state index contributed by atoms with van der Waals surface area (Å²) in [5.74, 6) is -8.20. The molecule has 0 radical (unpaired) electrons. The van der Waals surface area contributed by atoms with Gasteiger partial charge in [0.1, 0.15) is 30.2 Å². The van der Waals surface area contributed by atoms with E-state index in [9.17, 15) is 43.5 Å². The third kappa shape index (κ3) is 19.0. The van der Waals surface area contributed by atoms with Crippen LogP contribution in [-0.4, -0.2) is 99.0 Å². The molecule has 17 nitrogen and oxygen atoms in total. The van der Waals surface area contributed by atoms with E-state index in [0.29, 0.717) is 0 Å². The first-order valence-corrected chi connectivity index (χ1v) is 17.0. The van der Waals surface area contributed by atoms with Gasteiger partial charge in [-0.1, -0.05) is 55.4 Å². The molecule has 0 aliphatic carbocycles. The predicted octanol–water partition coefficient (Wildman–Crippen LogP) is 0.346. The zero-order valence-electron chi connectivity index (χ0n) is 30.4. The van der Waals surface area contributed by atoms with Crippen LogP contribution in [0, 0.1) is 23.7 Å². The number of carbonyl (C=O) groups is 8. The lowest BCUT2D eigenvalue weighted by molar-refractivity contribution is -0.143. The third-order valence-electron chi connectivity index (χ3n) is 7.35. The molecule has 0 bridgehead atoms. The number of nitrogens with two attached hydrogens (primary N) is 1. The summed E-state index contributed by atoms with van der Waals surface area (Å²) in [6.45, 7) is 14.4. The third-order valence-corrected chi connectivity index (χ3v) is 7.35.